The van der Waals surface area contributed by atoms with E-state index < -0.39 is 0 Å². The molecule has 0 aliphatic heterocycles. The Balaban J connectivity index is 2.10. The molecule has 110 valence electrons. The van der Waals surface area contributed by atoms with Crippen LogP contribution in [0.4, 0.5) is 0 Å². The van der Waals surface area contributed by atoms with Crippen LogP contribution in [-0.4, -0.2) is 0 Å². The Morgan fingerprint density at radius 1 is 0.619 bits per heavy atom. The largest absolute Gasteiger partial charge is 0.0582 e. The average Bonchev–Trinajstić information content (AvgIpc) is 2.73. The molecule has 0 amide bonds. The molecule has 1 aliphatic carbocycles. The smallest absolute Gasteiger partial charge is 0.00133 e. The Hall–Kier alpha value is -1.56. The van der Waals surface area contributed by atoms with Crippen molar-refractivity contribution in [1.82, 2.24) is 0 Å². The van der Waals surface area contributed by atoms with Gasteiger partial charge in [0.05, 0.1) is 0 Å². The lowest BCUT2D eigenvalue weighted by molar-refractivity contribution is 0.589. The molecule has 0 bridgehead atoms. The molecule has 0 spiro atoms. The lowest BCUT2D eigenvalue weighted by atomic mass is 9.84. The van der Waals surface area contributed by atoms with E-state index in [1.165, 1.54) is 33.4 Å². The van der Waals surface area contributed by atoms with Gasteiger partial charge < -0.3 is 0 Å². The van der Waals surface area contributed by atoms with Crippen molar-refractivity contribution in [2.45, 2.75) is 58.8 Å². The summed E-state index contributed by atoms with van der Waals surface area (Å²) < 4.78 is 0. The zero-order valence-electron chi connectivity index (χ0n) is 14.2. The van der Waals surface area contributed by atoms with Crippen LogP contribution in [0.5, 0.6) is 0 Å². The highest BCUT2D eigenvalue weighted by atomic mass is 14.3. The van der Waals surface area contributed by atoms with E-state index in [9.17, 15) is 0 Å². The van der Waals surface area contributed by atoms with Gasteiger partial charge in [0.2, 0.25) is 0 Å². The van der Waals surface area contributed by atoms with E-state index in [1.54, 1.807) is 0 Å². The molecule has 3 rings (SSSR count). The minimum Gasteiger partial charge on any atom is -0.0582 e. The van der Waals surface area contributed by atoms with Crippen molar-refractivity contribution in [2.24, 2.45) is 0 Å². The van der Waals surface area contributed by atoms with Crippen LogP contribution in [0, 0.1) is 0 Å². The summed E-state index contributed by atoms with van der Waals surface area (Å²) in [5, 5.41) is 0. The first-order chi connectivity index (χ1) is 9.66. The fourth-order valence-electron chi connectivity index (χ4n) is 3.12. The van der Waals surface area contributed by atoms with Crippen LogP contribution < -0.4 is 0 Å². The summed E-state index contributed by atoms with van der Waals surface area (Å²) in [6.45, 7) is 13.7. The third-order valence-electron chi connectivity index (χ3n) is 4.62. The van der Waals surface area contributed by atoms with Gasteiger partial charge in [0, 0.05) is 0 Å². The summed E-state index contributed by atoms with van der Waals surface area (Å²) in [4.78, 5) is 0. The number of benzene rings is 2. The highest BCUT2D eigenvalue weighted by molar-refractivity contribution is 5.78. The van der Waals surface area contributed by atoms with Gasteiger partial charge in [-0.2, -0.15) is 0 Å². The Kier molecular flexibility index (Phi) is 3.06. The predicted octanol–water partition coefficient (Wildman–Crippen LogP) is 5.85. The SMILES string of the molecule is CC(C)(C)c1ccc2c(c1)Cc1ccc(C(C)(C)C)cc1-2. The van der Waals surface area contributed by atoms with Gasteiger partial charge in [-0.05, 0) is 50.6 Å². The average molecular weight is 278 g/mol. The summed E-state index contributed by atoms with van der Waals surface area (Å²) in [5.74, 6) is 0. The van der Waals surface area contributed by atoms with Crippen molar-refractivity contribution < 1.29 is 0 Å². The van der Waals surface area contributed by atoms with Crippen LogP contribution in [0.15, 0.2) is 36.4 Å². The summed E-state index contributed by atoms with van der Waals surface area (Å²) in [6.07, 6.45) is 1.08. The highest BCUT2D eigenvalue weighted by Gasteiger charge is 2.23. The number of hydrogen-bond acceptors (Lipinski definition) is 0. The van der Waals surface area contributed by atoms with E-state index in [4.69, 9.17) is 0 Å². The molecule has 1 aliphatic rings. The molecular weight excluding hydrogens is 252 g/mol. The molecular formula is C21H26. The maximum Gasteiger partial charge on any atom is -0.00133 e. The maximum atomic E-state index is 2.41. The first-order valence-electron chi connectivity index (χ1n) is 7.93. The Morgan fingerprint density at radius 2 is 1.19 bits per heavy atom. The lowest BCUT2D eigenvalue weighted by Crippen LogP contribution is -2.11. The van der Waals surface area contributed by atoms with E-state index in [0.29, 0.717) is 0 Å². The van der Waals surface area contributed by atoms with E-state index in [0.717, 1.165) is 6.42 Å². The van der Waals surface area contributed by atoms with Gasteiger partial charge in [-0.1, -0.05) is 77.9 Å². The molecule has 21 heavy (non-hydrogen) atoms. The Bertz CT molecular complexity index is 691. The first kappa shape index (κ1) is 14.4. The monoisotopic (exact) mass is 278 g/mol. The summed E-state index contributed by atoms with van der Waals surface area (Å²) in [7, 11) is 0. The molecule has 0 aromatic heterocycles. The van der Waals surface area contributed by atoms with Crippen molar-refractivity contribution in [3.63, 3.8) is 0 Å². The molecule has 0 radical (unpaired) electrons. The second kappa shape index (κ2) is 4.47. The van der Waals surface area contributed by atoms with E-state index in [1.807, 2.05) is 0 Å². The van der Waals surface area contributed by atoms with E-state index in [-0.39, 0.29) is 10.8 Å². The van der Waals surface area contributed by atoms with Crippen LogP contribution in [0.3, 0.4) is 0 Å². The predicted molar refractivity (Wildman–Crippen MR) is 92.1 cm³/mol. The third kappa shape index (κ3) is 2.52. The van der Waals surface area contributed by atoms with Crippen molar-refractivity contribution in [3.8, 4) is 11.1 Å². The summed E-state index contributed by atoms with van der Waals surface area (Å²) in [5.41, 5.74) is 9.14. The van der Waals surface area contributed by atoms with Gasteiger partial charge in [-0.15, -0.1) is 0 Å². The van der Waals surface area contributed by atoms with E-state index >= 15 is 0 Å². The molecule has 0 N–H and O–H groups in total. The standard InChI is InChI=1S/C21H26/c1-20(2,3)16-9-10-18-15(12-16)11-14-7-8-17(13-19(14)18)21(4,5)6/h7-10,12-13H,11H2,1-6H3. The third-order valence-corrected chi connectivity index (χ3v) is 4.62. The lowest BCUT2D eigenvalue weighted by Gasteiger charge is -2.21. The molecule has 0 heterocycles. The maximum absolute atomic E-state index is 2.41. The summed E-state index contributed by atoms with van der Waals surface area (Å²) in [6, 6.07) is 14.1. The molecule has 0 heteroatoms. The second-order valence-electron chi connectivity index (χ2n) is 8.42. The topological polar surface area (TPSA) is 0 Å². The molecule has 0 saturated heterocycles. The number of hydrogen-bond donors (Lipinski definition) is 0. The number of rotatable bonds is 0. The van der Waals surface area contributed by atoms with Gasteiger partial charge in [0.25, 0.3) is 0 Å². The van der Waals surface area contributed by atoms with Crippen molar-refractivity contribution in [3.05, 3.63) is 58.7 Å². The van der Waals surface area contributed by atoms with Gasteiger partial charge in [-0.25, -0.2) is 0 Å². The zero-order valence-corrected chi connectivity index (χ0v) is 14.2. The molecule has 0 saturated carbocycles. The second-order valence-corrected chi connectivity index (χ2v) is 8.42. The molecule has 0 atom stereocenters. The number of fused-ring (bicyclic) bond motifs is 3. The van der Waals surface area contributed by atoms with Crippen molar-refractivity contribution in [2.75, 3.05) is 0 Å². The highest BCUT2D eigenvalue weighted by Crippen LogP contribution is 2.40. The van der Waals surface area contributed by atoms with Crippen molar-refractivity contribution in [1.29, 1.82) is 0 Å². The van der Waals surface area contributed by atoms with Crippen LogP contribution in [0.2, 0.25) is 0 Å². The first-order valence-corrected chi connectivity index (χ1v) is 7.93. The molecule has 0 nitrogen and oxygen atoms in total. The fourth-order valence-corrected chi connectivity index (χ4v) is 3.12. The Labute approximate surface area is 129 Å². The minimum atomic E-state index is 0.211. The van der Waals surface area contributed by atoms with Crippen LogP contribution in [0.25, 0.3) is 11.1 Å². The zero-order chi connectivity index (χ0) is 15.4. The molecule has 0 fully saturated rings. The normalized spacial score (nSPS) is 14.0. The summed E-state index contributed by atoms with van der Waals surface area (Å²) >= 11 is 0. The fraction of sp³-hybridized carbons (Fsp3) is 0.429. The minimum absolute atomic E-state index is 0.211. The molecule has 0 unspecified atom stereocenters. The van der Waals surface area contributed by atoms with Gasteiger partial charge in [-0.3, -0.25) is 0 Å². The quantitative estimate of drug-likeness (QED) is 0.483. The molecule has 2 aromatic carbocycles. The molecule has 2 aromatic rings. The van der Waals surface area contributed by atoms with Crippen LogP contribution >= 0.6 is 0 Å². The Morgan fingerprint density at radius 3 is 1.81 bits per heavy atom. The van der Waals surface area contributed by atoms with Crippen molar-refractivity contribution >= 4 is 0 Å². The van der Waals surface area contributed by atoms with E-state index in [2.05, 4.69) is 77.9 Å². The van der Waals surface area contributed by atoms with Gasteiger partial charge in [0.1, 0.15) is 0 Å². The van der Waals surface area contributed by atoms with Gasteiger partial charge in [0.15, 0.2) is 0 Å². The van der Waals surface area contributed by atoms with Gasteiger partial charge >= 0.3 is 0 Å². The van der Waals surface area contributed by atoms with Crippen LogP contribution in [-0.2, 0) is 17.3 Å². The van der Waals surface area contributed by atoms with Crippen LogP contribution in [0.1, 0.15) is 63.8 Å².